The predicted octanol–water partition coefficient (Wildman–Crippen LogP) is 3.26. The molecule has 0 bridgehead atoms. The number of aromatic nitrogens is 2. The molecule has 2 rings (SSSR count). The summed E-state index contributed by atoms with van der Waals surface area (Å²) < 4.78 is 1.96. The Morgan fingerprint density at radius 3 is 2.61 bits per heavy atom. The predicted molar refractivity (Wildman–Crippen MR) is 77.0 cm³/mol. The van der Waals surface area contributed by atoms with Gasteiger partial charge >= 0.3 is 0 Å². The van der Waals surface area contributed by atoms with Crippen LogP contribution in [0.15, 0.2) is 11.4 Å². The molecule has 1 atom stereocenters. The average molecular weight is 263 g/mol. The molecule has 0 aliphatic carbocycles. The van der Waals surface area contributed by atoms with Gasteiger partial charge in [0.2, 0.25) is 0 Å². The fraction of sp³-hybridized carbons (Fsp3) is 0.500. The molecule has 0 spiro atoms. The van der Waals surface area contributed by atoms with E-state index in [4.69, 9.17) is 0 Å². The highest BCUT2D eigenvalue weighted by molar-refractivity contribution is 7.10. The highest BCUT2D eigenvalue weighted by Crippen LogP contribution is 2.22. The highest BCUT2D eigenvalue weighted by Gasteiger charge is 2.16. The molecule has 0 amide bonds. The van der Waals surface area contributed by atoms with Crippen molar-refractivity contribution in [3.63, 3.8) is 0 Å². The van der Waals surface area contributed by atoms with Gasteiger partial charge in [0.25, 0.3) is 0 Å². The van der Waals surface area contributed by atoms with Crippen molar-refractivity contribution in [3.05, 3.63) is 38.8 Å². The second-order valence-corrected chi connectivity index (χ2v) is 5.84. The van der Waals surface area contributed by atoms with Crippen molar-refractivity contribution < 1.29 is 0 Å². The summed E-state index contributed by atoms with van der Waals surface area (Å²) in [6.07, 6.45) is 0. The lowest BCUT2D eigenvalue weighted by molar-refractivity contribution is 0.571. The van der Waals surface area contributed by atoms with E-state index in [9.17, 15) is 0 Å². The lowest BCUT2D eigenvalue weighted by Crippen LogP contribution is -2.19. The van der Waals surface area contributed by atoms with Crippen molar-refractivity contribution >= 4 is 11.3 Å². The summed E-state index contributed by atoms with van der Waals surface area (Å²) in [4.78, 5) is 1.42. The van der Waals surface area contributed by atoms with Crippen LogP contribution in [0.5, 0.6) is 0 Å². The average Bonchev–Trinajstić information content (AvgIpc) is 2.81. The van der Waals surface area contributed by atoms with E-state index in [0.29, 0.717) is 6.04 Å². The normalized spacial score (nSPS) is 12.9. The number of hydrogen-bond acceptors (Lipinski definition) is 3. The molecule has 1 unspecified atom stereocenters. The van der Waals surface area contributed by atoms with Crippen LogP contribution >= 0.6 is 11.3 Å². The maximum atomic E-state index is 4.47. The van der Waals surface area contributed by atoms with Crippen molar-refractivity contribution in [1.82, 2.24) is 15.1 Å². The number of nitrogens with zero attached hydrogens (tertiary/aromatic N) is 2. The Hall–Kier alpha value is -1.13. The maximum Gasteiger partial charge on any atom is 0.0644 e. The Labute approximate surface area is 113 Å². The van der Waals surface area contributed by atoms with Crippen LogP contribution in [-0.4, -0.2) is 9.78 Å². The monoisotopic (exact) mass is 263 g/mol. The highest BCUT2D eigenvalue weighted by atomic mass is 32.1. The molecule has 0 saturated heterocycles. The van der Waals surface area contributed by atoms with Gasteiger partial charge < -0.3 is 5.32 Å². The summed E-state index contributed by atoms with van der Waals surface area (Å²) >= 11 is 1.82. The van der Waals surface area contributed by atoms with Crippen LogP contribution in [0.3, 0.4) is 0 Å². The molecule has 3 nitrogen and oxygen atoms in total. The van der Waals surface area contributed by atoms with Crippen LogP contribution in [0.4, 0.5) is 0 Å². The molecule has 1 N–H and O–H groups in total. The molecule has 2 aromatic heterocycles. The minimum atomic E-state index is 0.334. The van der Waals surface area contributed by atoms with Crippen LogP contribution < -0.4 is 5.32 Å². The maximum absolute atomic E-state index is 4.47. The summed E-state index contributed by atoms with van der Waals surface area (Å²) in [6.45, 7) is 9.51. The minimum Gasteiger partial charge on any atom is -0.305 e. The molecule has 18 heavy (non-hydrogen) atoms. The summed E-state index contributed by atoms with van der Waals surface area (Å²) in [5, 5.41) is 10.2. The van der Waals surface area contributed by atoms with Gasteiger partial charge in [-0.2, -0.15) is 5.10 Å². The van der Waals surface area contributed by atoms with Crippen LogP contribution in [0, 0.1) is 20.8 Å². The quantitative estimate of drug-likeness (QED) is 0.917. The number of thiophene rings is 1. The van der Waals surface area contributed by atoms with Gasteiger partial charge in [-0.25, -0.2) is 0 Å². The third-order valence-electron chi connectivity index (χ3n) is 3.53. The Bertz CT molecular complexity index is 539. The van der Waals surface area contributed by atoms with E-state index in [1.807, 2.05) is 23.1 Å². The second-order valence-electron chi connectivity index (χ2n) is 4.84. The molecule has 2 heterocycles. The van der Waals surface area contributed by atoms with Crippen LogP contribution in [0.1, 0.15) is 40.4 Å². The minimum absolute atomic E-state index is 0.334. The molecular formula is C14H21N3S. The molecular weight excluding hydrogens is 242 g/mol. The van der Waals surface area contributed by atoms with E-state index in [1.54, 1.807) is 0 Å². The van der Waals surface area contributed by atoms with Crippen LogP contribution in [0.25, 0.3) is 0 Å². The van der Waals surface area contributed by atoms with Crippen molar-refractivity contribution in [1.29, 1.82) is 0 Å². The number of nitrogens with one attached hydrogen (secondary N) is 1. The van der Waals surface area contributed by atoms with Gasteiger partial charge in [0.1, 0.15) is 0 Å². The largest absolute Gasteiger partial charge is 0.305 e. The zero-order chi connectivity index (χ0) is 13.3. The molecule has 4 heteroatoms. The summed E-state index contributed by atoms with van der Waals surface area (Å²) in [6, 6.07) is 2.51. The zero-order valence-corrected chi connectivity index (χ0v) is 12.6. The van der Waals surface area contributed by atoms with Crippen molar-refractivity contribution in [2.24, 2.45) is 7.05 Å². The van der Waals surface area contributed by atoms with Gasteiger partial charge in [0.15, 0.2) is 0 Å². The molecule has 0 aliphatic rings. The molecule has 0 fully saturated rings. The van der Waals surface area contributed by atoms with Crippen molar-refractivity contribution in [3.8, 4) is 0 Å². The summed E-state index contributed by atoms with van der Waals surface area (Å²) in [7, 11) is 2.00. The molecule has 0 radical (unpaired) electrons. The van der Waals surface area contributed by atoms with E-state index in [-0.39, 0.29) is 0 Å². The SMILES string of the molecule is Cc1ccsc1CNC(C)c1c(C)nn(C)c1C. The summed E-state index contributed by atoms with van der Waals surface area (Å²) in [5.41, 5.74) is 5.07. The first-order valence-corrected chi connectivity index (χ1v) is 7.15. The molecule has 0 aliphatic heterocycles. The topological polar surface area (TPSA) is 29.9 Å². The lowest BCUT2D eigenvalue weighted by atomic mass is 10.1. The van der Waals surface area contributed by atoms with Crippen molar-refractivity contribution in [2.75, 3.05) is 0 Å². The smallest absolute Gasteiger partial charge is 0.0644 e. The zero-order valence-electron chi connectivity index (χ0n) is 11.7. The van der Waals surface area contributed by atoms with E-state index < -0.39 is 0 Å². The number of aryl methyl sites for hydroxylation is 3. The fourth-order valence-electron chi connectivity index (χ4n) is 2.35. The van der Waals surface area contributed by atoms with E-state index in [2.05, 4.69) is 49.6 Å². The third-order valence-corrected chi connectivity index (χ3v) is 4.56. The first kappa shape index (κ1) is 13.3. The van der Waals surface area contributed by atoms with Gasteiger partial charge in [-0.1, -0.05) is 0 Å². The standard InChI is InChI=1S/C14H21N3S/c1-9-6-7-18-13(9)8-15-10(2)14-11(3)16-17(5)12(14)4/h6-7,10,15H,8H2,1-5H3. The Balaban J connectivity index is 2.08. The van der Waals surface area contributed by atoms with Gasteiger partial charge in [0.05, 0.1) is 5.69 Å². The molecule has 0 saturated carbocycles. The second kappa shape index (κ2) is 5.24. The lowest BCUT2D eigenvalue weighted by Gasteiger charge is -2.14. The molecule has 98 valence electrons. The Morgan fingerprint density at radius 2 is 2.11 bits per heavy atom. The number of hydrogen-bond donors (Lipinski definition) is 1. The summed E-state index contributed by atoms with van der Waals surface area (Å²) in [5.74, 6) is 0. The van der Waals surface area contributed by atoms with Gasteiger partial charge in [-0.05, 0) is 44.7 Å². The van der Waals surface area contributed by atoms with E-state index >= 15 is 0 Å². The van der Waals surface area contributed by atoms with Crippen molar-refractivity contribution in [2.45, 2.75) is 40.3 Å². The first-order valence-electron chi connectivity index (χ1n) is 6.27. The molecule has 0 aromatic carbocycles. The Kier molecular flexibility index (Phi) is 3.88. The van der Waals surface area contributed by atoms with E-state index in [1.165, 1.54) is 21.7 Å². The fourth-order valence-corrected chi connectivity index (χ4v) is 3.21. The van der Waals surface area contributed by atoms with Crippen LogP contribution in [-0.2, 0) is 13.6 Å². The van der Waals surface area contributed by atoms with Gasteiger partial charge in [0, 0.05) is 35.8 Å². The first-order chi connectivity index (χ1) is 8.50. The number of rotatable bonds is 4. The van der Waals surface area contributed by atoms with E-state index in [0.717, 1.165) is 12.2 Å². The van der Waals surface area contributed by atoms with Gasteiger partial charge in [-0.15, -0.1) is 11.3 Å². The van der Waals surface area contributed by atoms with Gasteiger partial charge in [-0.3, -0.25) is 4.68 Å². The Morgan fingerprint density at radius 1 is 1.39 bits per heavy atom. The molecule has 2 aromatic rings. The third kappa shape index (κ3) is 2.49. The van der Waals surface area contributed by atoms with Crippen LogP contribution in [0.2, 0.25) is 0 Å².